The van der Waals surface area contributed by atoms with Gasteiger partial charge in [0.2, 0.25) is 0 Å². The molecule has 0 atom stereocenters. The van der Waals surface area contributed by atoms with Crippen LogP contribution in [0.25, 0.3) is 0 Å². The molecule has 0 fully saturated rings. The van der Waals surface area contributed by atoms with Crippen LogP contribution >= 0.6 is 17.0 Å². The Morgan fingerprint density at radius 3 is 1.60 bits per heavy atom. The van der Waals surface area contributed by atoms with Crippen LogP contribution in [0, 0.1) is 0 Å². The molecule has 0 aromatic carbocycles. The molecule has 33 valence electrons. The summed E-state index contributed by atoms with van der Waals surface area (Å²) in [5.41, 5.74) is 0. The minimum atomic E-state index is -2.27. The van der Waals surface area contributed by atoms with Crippen molar-refractivity contribution in [3.63, 3.8) is 0 Å². The van der Waals surface area contributed by atoms with Crippen LogP contribution in [-0.2, 0) is 3.08 Å². The molecule has 0 heterocycles. The van der Waals surface area contributed by atoms with Crippen molar-refractivity contribution < 1.29 is 6.52 Å². The molecule has 0 aliphatic carbocycles. The van der Waals surface area contributed by atoms with Crippen molar-refractivity contribution in [2.75, 3.05) is 0 Å². The van der Waals surface area contributed by atoms with Gasteiger partial charge in [0.15, 0.2) is 0 Å². The molecule has 0 aromatic rings. The van der Waals surface area contributed by atoms with E-state index in [2.05, 4.69) is 0 Å². The maximum atomic E-state index is 8.54. The molecule has 0 amide bonds. The number of quaternary nitrogens is 1. The molecular formula is H5BrNO2Sn. The first-order valence-corrected chi connectivity index (χ1v) is 2.74. The van der Waals surface area contributed by atoms with E-state index in [9.17, 15) is 0 Å². The van der Waals surface area contributed by atoms with Gasteiger partial charge in [-0.05, 0) is 0 Å². The Morgan fingerprint density at radius 2 is 1.60 bits per heavy atom. The van der Waals surface area contributed by atoms with Gasteiger partial charge in [0.05, 0.1) is 0 Å². The van der Waals surface area contributed by atoms with Gasteiger partial charge in [-0.25, -0.2) is 0 Å². The van der Waals surface area contributed by atoms with Crippen LogP contribution in [0.3, 0.4) is 0 Å². The Bertz CT molecular complexity index is 17.1. The SMILES string of the molecule is Br.[NH4+].[O]=[Sn][O-]. The fourth-order valence-corrected chi connectivity index (χ4v) is 0. The van der Waals surface area contributed by atoms with E-state index >= 15 is 0 Å². The third-order valence-corrected chi connectivity index (χ3v) is 0. The standard InChI is InChI=1S/BrH.H3N.2O.Sn/h1H;1H3;;;/q;;;-1;/p+1. The predicted octanol–water partition coefficient (Wildman–Crippen LogP) is -0.735. The quantitative estimate of drug-likeness (QED) is 0.575. The van der Waals surface area contributed by atoms with Gasteiger partial charge in [-0.3, -0.25) is 0 Å². The van der Waals surface area contributed by atoms with E-state index in [1.165, 1.54) is 0 Å². The summed E-state index contributed by atoms with van der Waals surface area (Å²) in [7, 11) is 0. The average Bonchev–Trinajstić information content (AvgIpc) is 0.918. The Kier molecular flexibility index (Phi) is 66.7. The molecule has 1 radical (unpaired) electrons. The maximum absolute atomic E-state index is 8.54. The second-order valence-electron chi connectivity index (χ2n) is 0.0833. The van der Waals surface area contributed by atoms with Gasteiger partial charge in [-0.2, -0.15) is 0 Å². The fourth-order valence-electron chi connectivity index (χ4n) is 0. The fraction of sp³-hybridized carbons (Fsp3) is 0. The van der Waals surface area contributed by atoms with Gasteiger partial charge in [0.1, 0.15) is 0 Å². The summed E-state index contributed by atoms with van der Waals surface area (Å²) < 4.78 is 17.1. The summed E-state index contributed by atoms with van der Waals surface area (Å²) in [6, 6.07) is 0. The normalized spacial score (nSPS) is 2.60. The zero-order chi connectivity index (χ0) is 2.71. The average molecular weight is 250 g/mol. The summed E-state index contributed by atoms with van der Waals surface area (Å²) in [6.45, 7) is 0. The third kappa shape index (κ3) is 45.1. The van der Waals surface area contributed by atoms with Gasteiger partial charge in [-0.1, -0.05) is 0 Å². The Hall–Kier alpha value is 0.999. The van der Waals surface area contributed by atoms with Crippen molar-refractivity contribution in [2.24, 2.45) is 0 Å². The Balaban J connectivity index is -0.0000000200. The van der Waals surface area contributed by atoms with Crippen molar-refractivity contribution in [1.29, 1.82) is 0 Å². The molecule has 5 heavy (non-hydrogen) atoms. The number of rotatable bonds is 0. The first-order chi connectivity index (χ1) is 1.41. The van der Waals surface area contributed by atoms with E-state index in [1.807, 2.05) is 0 Å². The molecule has 0 aliphatic rings. The molecule has 3 nitrogen and oxygen atoms in total. The van der Waals surface area contributed by atoms with Gasteiger partial charge >= 0.3 is 28.1 Å². The van der Waals surface area contributed by atoms with E-state index in [4.69, 9.17) is 6.52 Å². The molecule has 0 saturated carbocycles. The van der Waals surface area contributed by atoms with Crippen LogP contribution in [0.4, 0.5) is 0 Å². The number of hydrogen-bond donors (Lipinski definition) is 1. The van der Waals surface area contributed by atoms with Gasteiger partial charge in [-0.15, -0.1) is 17.0 Å². The van der Waals surface area contributed by atoms with Crippen LogP contribution in [0.15, 0.2) is 0 Å². The molecule has 0 aliphatic heterocycles. The molecule has 0 spiro atoms. The second kappa shape index (κ2) is 20.0. The summed E-state index contributed by atoms with van der Waals surface area (Å²) in [5, 5.41) is 0. The minimum absolute atomic E-state index is 0. The van der Waals surface area contributed by atoms with Crippen molar-refractivity contribution in [1.82, 2.24) is 6.15 Å². The summed E-state index contributed by atoms with van der Waals surface area (Å²) in [4.78, 5) is 0. The molecule has 0 bridgehead atoms. The van der Waals surface area contributed by atoms with Crippen LogP contribution < -0.4 is 9.59 Å². The molecule has 0 saturated heterocycles. The van der Waals surface area contributed by atoms with Crippen molar-refractivity contribution in [3.8, 4) is 0 Å². The third-order valence-electron chi connectivity index (χ3n) is 0. The van der Waals surface area contributed by atoms with Gasteiger partial charge < -0.3 is 6.15 Å². The van der Waals surface area contributed by atoms with Crippen molar-refractivity contribution >= 4 is 38.5 Å². The van der Waals surface area contributed by atoms with Gasteiger partial charge in [0.25, 0.3) is 0 Å². The molecule has 0 aromatic heterocycles. The van der Waals surface area contributed by atoms with Crippen LogP contribution in [-0.4, -0.2) is 21.5 Å². The van der Waals surface area contributed by atoms with Crippen LogP contribution in [0.5, 0.6) is 0 Å². The number of halogens is 1. The molecule has 0 rings (SSSR count). The Labute approximate surface area is 51.3 Å². The van der Waals surface area contributed by atoms with E-state index < -0.39 is 21.5 Å². The molecular weight excluding hydrogens is 245 g/mol. The molecule has 0 unspecified atom stereocenters. The summed E-state index contributed by atoms with van der Waals surface area (Å²) >= 11 is -2.27. The van der Waals surface area contributed by atoms with E-state index in [1.54, 1.807) is 0 Å². The summed E-state index contributed by atoms with van der Waals surface area (Å²) in [6.07, 6.45) is 0. The molecule has 4 N–H and O–H groups in total. The molecule has 5 heteroatoms. The number of hydrogen-bond acceptors (Lipinski definition) is 2. The predicted molar refractivity (Wildman–Crippen MR) is 22.7 cm³/mol. The monoisotopic (exact) mass is 250 g/mol. The summed E-state index contributed by atoms with van der Waals surface area (Å²) in [5.74, 6) is 0. The van der Waals surface area contributed by atoms with Crippen molar-refractivity contribution in [2.45, 2.75) is 0 Å². The zero-order valence-corrected chi connectivity index (χ0v) is 7.29. The van der Waals surface area contributed by atoms with E-state index in [0.717, 1.165) is 0 Å². The topological polar surface area (TPSA) is 76.6 Å². The van der Waals surface area contributed by atoms with Gasteiger partial charge in [0, 0.05) is 0 Å². The van der Waals surface area contributed by atoms with Crippen LogP contribution in [0.1, 0.15) is 0 Å². The first kappa shape index (κ1) is 16.7. The van der Waals surface area contributed by atoms with Crippen LogP contribution in [0.2, 0.25) is 0 Å². The first-order valence-electron chi connectivity index (χ1n) is 0.408. The second-order valence-corrected chi connectivity index (χ2v) is 0.559. The zero-order valence-electron chi connectivity index (χ0n) is 2.72. The van der Waals surface area contributed by atoms with E-state index in [-0.39, 0.29) is 23.1 Å². The van der Waals surface area contributed by atoms with Crippen molar-refractivity contribution in [3.05, 3.63) is 0 Å². The Morgan fingerprint density at radius 1 is 1.60 bits per heavy atom. The van der Waals surface area contributed by atoms with E-state index in [0.29, 0.717) is 0 Å².